The number of hydrogen-bond acceptors (Lipinski definition) is 3. The first-order valence-electron chi connectivity index (χ1n) is 6.16. The standard InChI is InChI=1S/C13H19ClN2O2S/c1-3-4-9(2)16-13(17)8-19(18)12-7-10(15)5-6-11(12)14/h5-7,9H,3-4,8,15H2,1-2H3,(H,16,17). The van der Waals surface area contributed by atoms with Crippen LogP contribution in [0.4, 0.5) is 5.69 Å². The van der Waals surface area contributed by atoms with Crippen LogP contribution in [0.25, 0.3) is 0 Å². The van der Waals surface area contributed by atoms with Gasteiger partial charge in [-0.15, -0.1) is 0 Å². The summed E-state index contributed by atoms with van der Waals surface area (Å²) in [6.45, 7) is 3.98. The van der Waals surface area contributed by atoms with Crippen molar-refractivity contribution >= 4 is 34.0 Å². The highest BCUT2D eigenvalue weighted by atomic mass is 35.5. The van der Waals surface area contributed by atoms with Gasteiger partial charge in [0, 0.05) is 11.7 Å². The van der Waals surface area contributed by atoms with Crippen LogP contribution in [0.5, 0.6) is 0 Å². The van der Waals surface area contributed by atoms with Crippen molar-refractivity contribution in [3.8, 4) is 0 Å². The number of nitrogens with two attached hydrogens (primary N) is 1. The molecule has 0 aromatic heterocycles. The number of anilines is 1. The second-order valence-electron chi connectivity index (χ2n) is 4.44. The number of amides is 1. The largest absolute Gasteiger partial charge is 0.399 e. The lowest BCUT2D eigenvalue weighted by atomic mass is 10.2. The molecule has 0 aliphatic carbocycles. The summed E-state index contributed by atoms with van der Waals surface area (Å²) in [5.41, 5.74) is 6.10. The molecule has 1 rings (SSSR count). The Kier molecular flexibility index (Phi) is 6.31. The minimum atomic E-state index is -1.48. The fourth-order valence-corrected chi connectivity index (χ4v) is 3.12. The van der Waals surface area contributed by atoms with Crippen molar-refractivity contribution in [2.75, 3.05) is 11.5 Å². The molecule has 0 bridgehead atoms. The molecule has 2 atom stereocenters. The number of benzene rings is 1. The van der Waals surface area contributed by atoms with Crippen LogP contribution in [0.1, 0.15) is 26.7 Å². The number of carbonyl (C=O) groups excluding carboxylic acids is 1. The summed E-state index contributed by atoms with van der Waals surface area (Å²) in [6, 6.07) is 4.85. The quantitative estimate of drug-likeness (QED) is 0.792. The highest BCUT2D eigenvalue weighted by Crippen LogP contribution is 2.22. The predicted octanol–water partition coefficient (Wildman–Crippen LogP) is 2.33. The zero-order valence-electron chi connectivity index (χ0n) is 11.1. The molecule has 3 N–H and O–H groups in total. The molecule has 0 heterocycles. The van der Waals surface area contributed by atoms with Crippen LogP contribution in [0, 0.1) is 0 Å². The molecule has 1 aromatic carbocycles. The van der Waals surface area contributed by atoms with Crippen molar-refractivity contribution < 1.29 is 9.00 Å². The molecule has 0 fully saturated rings. The van der Waals surface area contributed by atoms with Crippen molar-refractivity contribution in [2.24, 2.45) is 0 Å². The Hall–Kier alpha value is -1.07. The fourth-order valence-electron chi connectivity index (χ4n) is 1.71. The number of nitrogen functional groups attached to an aromatic ring is 1. The Bertz CT molecular complexity index is 480. The summed E-state index contributed by atoms with van der Waals surface area (Å²) in [5, 5.41) is 3.17. The van der Waals surface area contributed by atoms with E-state index in [2.05, 4.69) is 5.32 Å². The summed E-state index contributed by atoms with van der Waals surface area (Å²) in [7, 11) is -1.48. The molecular formula is C13H19ClN2O2S. The molecule has 2 unspecified atom stereocenters. The van der Waals surface area contributed by atoms with Crippen molar-refractivity contribution in [2.45, 2.75) is 37.6 Å². The Morgan fingerprint density at radius 3 is 2.84 bits per heavy atom. The van der Waals surface area contributed by atoms with Gasteiger partial charge in [0.05, 0.1) is 20.7 Å². The molecule has 19 heavy (non-hydrogen) atoms. The van der Waals surface area contributed by atoms with E-state index in [1.54, 1.807) is 18.2 Å². The first-order valence-corrected chi connectivity index (χ1v) is 7.86. The smallest absolute Gasteiger partial charge is 0.233 e. The van der Waals surface area contributed by atoms with E-state index in [4.69, 9.17) is 17.3 Å². The number of nitrogens with one attached hydrogen (secondary N) is 1. The van der Waals surface area contributed by atoms with Gasteiger partial charge in [0.2, 0.25) is 5.91 Å². The number of rotatable bonds is 6. The van der Waals surface area contributed by atoms with Crippen molar-refractivity contribution in [3.63, 3.8) is 0 Å². The molecule has 0 saturated carbocycles. The summed E-state index contributed by atoms with van der Waals surface area (Å²) >= 11 is 5.95. The summed E-state index contributed by atoms with van der Waals surface area (Å²) in [6.07, 6.45) is 1.89. The van der Waals surface area contributed by atoms with Crippen molar-refractivity contribution in [1.82, 2.24) is 5.32 Å². The Morgan fingerprint density at radius 2 is 2.21 bits per heavy atom. The van der Waals surface area contributed by atoms with Gasteiger partial charge in [-0.3, -0.25) is 9.00 Å². The first-order chi connectivity index (χ1) is 8.93. The lowest BCUT2D eigenvalue weighted by molar-refractivity contribution is -0.119. The topological polar surface area (TPSA) is 72.2 Å². The Morgan fingerprint density at radius 1 is 1.53 bits per heavy atom. The number of halogens is 1. The zero-order chi connectivity index (χ0) is 14.4. The van der Waals surface area contributed by atoms with E-state index in [0.29, 0.717) is 15.6 Å². The molecule has 0 saturated heterocycles. The maximum absolute atomic E-state index is 12.1. The SMILES string of the molecule is CCCC(C)NC(=O)CS(=O)c1cc(N)ccc1Cl. The van der Waals surface area contributed by atoms with Gasteiger partial charge in [-0.05, 0) is 31.5 Å². The van der Waals surface area contributed by atoms with Crippen molar-refractivity contribution in [1.29, 1.82) is 0 Å². The highest BCUT2D eigenvalue weighted by Gasteiger charge is 2.15. The second-order valence-corrected chi connectivity index (χ2v) is 6.26. The molecule has 1 aromatic rings. The van der Waals surface area contributed by atoms with Crippen LogP contribution in [0.3, 0.4) is 0 Å². The maximum Gasteiger partial charge on any atom is 0.233 e. The first kappa shape index (κ1) is 16.0. The van der Waals surface area contributed by atoms with Gasteiger partial charge in [-0.25, -0.2) is 0 Å². The monoisotopic (exact) mass is 302 g/mol. The summed E-state index contributed by atoms with van der Waals surface area (Å²) in [5.74, 6) is -0.338. The van der Waals surface area contributed by atoms with Gasteiger partial charge in [0.1, 0.15) is 5.75 Å². The van der Waals surface area contributed by atoms with Crippen LogP contribution in [-0.4, -0.2) is 21.9 Å². The summed E-state index contributed by atoms with van der Waals surface area (Å²) in [4.78, 5) is 12.1. The molecular weight excluding hydrogens is 284 g/mol. The molecule has 106 valence electrons. The molecule has 0 aliphatic rings. The van der Waals surface area contributed by atoms with Crippen LogP contribution < -0.4 is 11.1 Å². The van der Waals surface area contributed by atoms with E-state index in [-0.39, 0.29) is 17.7 Å². The van der Waals surface area contributed by atoms with Gasteiger partial charge in [0.25, 0.3) is 0 Å². The lowest BCUT2D eigenvalue weighted by Crippen LogP contribution is -2.35. The molecule has 0 spiro atoms. The van der Waals surface area contributed by atoms with Crippen LogP contribution in [0.15, 0.2) is 23.1 Å². The van der Waals surface area contributed by atoms with Crippen LogP contribution >= 0.6 is 11.6 Å². The molecule has 0 aliphatic heterocycles. The minimum absolute atomic E-state index is 0.0887. The van der Waals surface area contributed by atoms with Crippen LogP contribution in [0.2, 0.25) is 5.02 Å². The second kappa shape index (κ2) is 7.50. The van der Waals surface area contributed by atoms with Gasteiger partial charge >= 0.3 is 0 Å². The van der Waals surface area contributed by atoms with Gasteiger partial charge < -0.3 is 11.1 Å². The average Bonchev–Trinajstić information content (AvgIpc) is 2.32. The molecule has 0 radical (unpaired) electrons. The molecule has 4 nitrogen and oxygen atoms in total. The fraction of sp³-hybridized carbons (Fsp3) is 0.462. The van der Waals surface area contributed by atoms with E-state index in [0.717, 1.165) is 12.8 Å². The molecule has 1 amide bonds. The number of hydrogen-bond donors (Lipinski definition) is 2. The van der Waals surface area contributed by atoms with E-state index in [1.807, 2.05) is 13.8 Å². The molecule has 6 heteroatoms. The van der Waals surface area contributed by atoms with E-state index >= 15 is 0 Å². The normalized spacial score (nSPS) is 13.8. The predicted molar refractivity (Wildman–Crippen MR) is 79.7 cm³/mol. The third kappa shape index (κ3) is 5.20. The van der Waals surface area contributed by atoms with Gasteiger partial charge in [0.15, 0.2) is 0 Å². The maximum atomic E-state index is 12.1. The average molecular weight is 303 g/mol. The van der Waals surface area contributed by atoms with Gasteiger partial charge in [-0.1, -0.05) is 24.9 Å². The third-order valence-electron chi connectivity index (χ3n) is 2.59. The van der Waals surface area contributed by atoms with Crippen LogP contribution in [-0.2, 0) is 15.6 Å². The minimum Gasteiger partial charge on any atom is -0.399 e. The Balaban J connectivity index is 2.64. The summed E-state index contributed by atoms with van der Waals surface area (Å²) < 4.78 is 12.1. The number of carbonyl (C=O) groups is 1. The van der Waals surface area contributed by atoms with E-state index < -0.39 is 10.8 Å². The van der Waals surface area contributed by atoms with Crippen molar-refractivity contribution in [3.05, 3.63) is 23.2 Å². The zero-order valence-corrected chi connectivity index (χ0v) is 12.7. The third-order valence-corrected chi connectivity index (χ3v) is 4.39. The van der Waals surface area contributed by atoms with Gasteiger partial charge in [-0.2, -0.15) is 0 Å². The van der Waals surface area contributed by atoms with E-state index in [9.17, 15) is 9.00 Å². The highest BCUT2D eigenvalue weighted by molar-refractivity contribution is 7.85. The lowest BCUT2D eigenvalue weighted by Gasteiger charge is -2.12. The van der Waals surface area contributed by atoms with E-state index in [1.165, 1.54) is 0 Å². The Labute approximate surface area is 121 Å².